The Morgan fingerprint density at radius 1 is 1.35 bits per heavy atom. The summed E-state index contributed by atoms with van der Waals surface area (Å²) in [6.07, 6.45) is 8.80. The van der Waals surface area contributed by atoms with Gasteiger partial charge in [0.2, 0.25) is 0 Å². The molecule has 1 aliphatic carbocycles. The molecule has 6 nitrogen and oxygen atoms in total. The number of hydrogen-bond donors (Lipinski definition) is 1. The van der Waals surface area contributed by atoms with E-state index < -0.39 is 0 Å². The first-order chi connectivity index (χ1) is 11.3. The molecule has 23 heavy (non-hydrogen) atoms. The molecule has 1 aliphatic rings. The summed E-state index contributed by atoms with van der Waals surface area (Å²) >= 11 is 1.80. The van der Waals surface area contributed by atoms with Crippen LogP contribution in [0.25, 0.3) is 5.65 Å². The lowest BCUT2D eigenvalue weighted by molar-refractivity contribution is 0.0954. The molecule has 0 bridgehead atoms. The number of amides is 1. The molecule has 118 valence electrons. The van der Waals surface area contributed by atoms with Crippen LogP contribution in [0.3, 0.4) is 0 Å². The minimum Gasteiger partial charge on any atom is -0.352 e. The highest BCUT2D eigenvalue weighted by molar-refractivity contribution is 7.11. The van der Waals surface area contributed by atoms with E-state index in [1.807, 2.05) is 0 Å². The van der Waals surface area contributed by atoms with E-state index in [-0.39, 0.29) is 5.91 Å². The van der Waals surface area contributed by atoms with Crippen LogP contribution in [0.5, 0.6) is 0 Å². The first-order valence-corrected chi connectivity index (χ1v) is 8.66. The molecule has 3 aromatic heterocycles. The number of nitrogens with zero attached hydrogens (tertiary/aromatic N) is 4. The highest BCUT2D eigenvalue weighted by atomic mass is 32.1. The Labute approximate surface area is 137 Å². The first kappa shape index (κ1) is 14.3. The van der Waals surface area contributed by atoms with Gasteiger partial charge in [0.05, 0.1) is 10.7 Å². The Hall–Kier alpha value is -2.28. The van der Waals surface area contributed by atoms with E-state index in [1.54, 1.807) is 34.2 Å². The van der Waals surface area contributed by atoms with Crippen LogP contribution in [0, 0.1) is 0 Å². The normalized spacial score (nSPS) is 13.9. The molecule has 0 unspecified atom stereocenters. The van der Waals surface area contributed by atoms with E-state index in [9.17, 15) is 4.79 Å². The van der Waals surface area contributed by atoms with Crippen molar-refractivity contribution in [2.45, 2.75) is 32.1 Å². The lowest BCUT2D eigenvalue weighted by Gasteiger charge is -2.06. The van der Waals surface area contributed by atoms with Crippen molar-refractivity contribution in [3.8, 4) is 0 Å². The van der Waals surface area contributed by atoms with Crippen LogP contribution in [0.2, 0.25) is 0 Å². The summed E-state index contributed by atoms with van der Waals surface area (Å²) in [5.41, 5.74) is 2.55. The Bertz CT molecular complexity index is 830. The fraction of sp³-hybridized carbons (Fsp3) is 0.375. The summed E-state index contributed by atoms with van der Waals surface area (Å²) in [7, 11) is 0. The van der Waals surface area contributed by atoms with Crippen molar-refractivity contribution >= 4 is 22.9 Å². The number of nitrogens with one attached hydrogen (secondary N) is 1. The lowest BCUT2D eigenvalue weighted by atomic mass is 10.0. The molecule has 1 amide bonds. The summed E-state index contributed by atoms with van der Waals surface area (Å²) in [6, 6.07) is 3.49. The van der Waals surface area contributed by atoms with Crippen molar-refractivity contribution in [3.05, 3.63) is 45.8 Å². The van der Waals surface area contributed by atoms with Crippen molar-refractivity contribution in [1.82, 2.24) is 24.9 Å². The number of aromatic nitrogens is 4. The van der Waals surface area contributed by atoms with Gasteiger partial charge in [-0.2, -0.15) is 5.10 Å². The predicted octanol–water partition coefficient (Wildman–Crippen LogP) is 2.04. The number of aryl methyl sites for hydroxylation is 2. The Morgan fingerprint density at radius 2 is 2.26 bits per heavy atom. The van der Waals surface area contributed by atoms with Crippen LogP contribution in [0.1, 0.15) is 38.8 Å². The van der Waals surface area contributed by atoms with Gasteiger partial charge < -0.3 is 5.32 Å². The van der Waals surface area contributed by atoms with Gasteiger partial charge in [-0.1, -0.05) is 0 Å². The quantitative estimate of drug-likeness (QED) is 0.796. The molecular weight excluding hydrogens is 310 g/mol. The zero-order chi connectivity index (χ0) is 15.6. The lowest BCUT2D eigenvalue weighted by Crippen LogP contribution is -2.25. The number of pyridine rings is 1. The molecule has 7 heteroatoms. The topological polar surface area (TPSA) is 72.2 Å². The Kier molecular flexibility index (Phi) is 3.78. The molecule has 3 heterocycles. The third-order valence-electron chi connectivity index (χ3n) is 4.06. The van der Waals surface area contributed by atoms with Crippen molar-refractivity contribution in [3.63, 3.8) is 0 Å². The third-order valence-corrected chi connectivity index (χ3v) is 5.27. The average Bonchev–Trinajstić information content (AvgIpc) is 3.19. The molecule has 0 aromatic carbocycles. The molecule has 0 spiro atoms. The van der Waals surface area contributed by atoms with Crippen LogP contribution in [0.4, 0.5) is 0 Å². The van der Waals surface area contributed by atoms with E-state index in [0.717, 1.165) is 24.3 Å². The molecule has 0 saturated heterocycles. The van der Waals surface area contributed by atoms with Crippen molar-refractivity contribution in [2.24, 2.45) is 0 Å². The zero-order valence-corrected chi connectivity index (χ0v) is 13.5. The summed E-state index contributed by atoms with van der Waals surface area (Å²) in [5, 5.41) is 8.10. The maximum Gasteiger partial charge on any atom is 0.251 e. The standard InChI is InChI=1S/C16H17N5OS/c22-16(11-6-8-21-14(9-11)18-10-19-21)17-7-5-15-20-12-3-1-2-4-13(12)23-15/h6,8-10H,1-5,7H2,(H,17,22). The van der Waals surface area contributed by atoms with Gasteiger partial charge in [-0.05, 0) is 37.8 Å². The van der Waals surface area contributed by atoms with Gasteiger partial charge in [-0.3, -0.25) is 4.79 Å². The number of carbonyl (C=O) groups excluding carboxylic acids is 1. The smallest absolute Gasteiger partial charge is 0.251 e. The van der Waals surface area contributed by atoms with E-state index >= 15 is 0 Å². The monoisotopic (exact) mass is 327 g/mol. The molecule has 0 fully saturated rings. The second-order valence-corrected chi connectivity index (χ2v) is 6.84. The number of rotatable bonds is 4. The van der Waals surface area contributed by atoms with Gasteiger partial charge in [-0.15, -0.1) is 11.3 Å². The third kappa shape index (κ3) is 2.96. The molecule has 4 rings (SSSR count). The largest absolute Gasteiger partial charge is 0.352 e. The summed E-state index contributed by atoms with van der Waals surface area (Å²) in [6.45, 7) is 0.600. The van der Waals surface area contributed by atoms with Crippen LogP contribution >= 0.6 is 11.3 Å². The molecule has 0 atom stereocenters. The van der Waals surface area contributed by atoms with Gasteiger partial charge in [-0.25, -0.2) is 14.5 Å². The van der Waals surface area contributed by atoms with Gasteiger partial charge in [0, 0.05) is 29.6 Å². The van der Waals surface area contributed by atoms with E-state index in [4.69, 9.17) is 4.98 Å². The molecular formula is C16H17N5OS. The summed E-state index contributed by atoms with van der Waals surface area (Å²) in [4.78, 5) is 22.4. The van der Waals surface area contributed by atoms with Gasteiger partial charge >= 0.3 is 0 Å². The van der Waals surface area contributed by atoms with Gasteiger partial charge in [0.1, 0.15) is 6.33 Å². The highest BCUT2D eigenvalue weighted by Gasteiger charge is 2.15. The molecule has 0 saturated carbocycles. The van der Waals surface area contributed by atoms with Crippen LogP contribution in [0.15, 0.2) is 24.7 Å². The Balaban J connectivity index is 1.36. The number of hydrogen-bond acceptors (Lipinski definition) is 5. The molecule has 0 aliphatic heterocycles. The van der Waals surface area contributed by atoms with Crippen LogP contribution in [-0.4, -0.2) is 32.0 Å². The second-order valence-electron chi connectivity index (χ2n) is 5.67. The number of carbonyl (C=O) groups is 1. The van der Waals surface area contributed by atoms with Crippen molar-refractivity contribution < 1.29 is 4.79 Å². The average molecular weight is 327 g/mol. The van der Waals surface area contributed by atoms with Crippen molar-refractivity contribution in [1.29, 1.82) is 0 Å². The maximum atomic E-state index is 12.2. The van der Waals surface area contributed by atoms with Gasteiger partial charge in [0.15, 0.2) is 5.65 Å². The number of fused-ring (bicyclic) bond motifs is 2. The van der Waals surface area contributed by atoms with Gasteiger partial charge in [0.25, 0.3) is 5.91 Å². The molecule has 3 aromatic rings. The highest BCUT2D eigenvalue weighted by Crippen LogP contribution is 2.26. The van der Waals surface area contributed by atoms with E-state index in [2.05, 4.69) is 15.4 Å². The molecule has 0 radical (unpaired) electrons. The van der Waals surface area contributed by atoms with Crippen LogP contribution < -0.4 is 5.32 Å². The second kappa shape index (κ2) is 6.08. The number of thiazole rings is 1. The Morgan fingerprint density at radius 3 is 3.17 bits per heavy atom. The van der Waals surface area contributed by atoms with E-state index in [0.29, 0.717) is 17.8 Å². The van der Waals surface area contributed by atoms with E-state index in [1.165, 1.54) is 29.7 Å². The fourth-order valence-corrected chi connectivity index (χ4v) is 4.01. The van der Waals surface area contributed by atoms with Crippen molar-refractivity contribution in [2.75, 3.05) is 6.54 Å². The minimum absolute atomic E-state index is 0.0863. The minimum atomic E-state index is -0.0863. The summed E-state index contributed by atoms with van der Waals surface area (Å²) < 4.78 is 1.64. The zero-order valence-electron chi connectivity index (χ0n) is 12.7. The van der Waals surface area contributed by atoms with Crippen LogP contribution in [-0.2, 0) is 19.3 Å². The SMILES string of the molecule is O=C(NCCc1nc2c(s1)CCCC2)c1ccn2ncnc2c1. The predicted molar refractivity (Wildman–Crippen MR) is 87.8 cm³/mol. The maximum absolute atomic E-state index is 12.2. The molecule has 1 N–H and O–H groups in total. The summed E-state index contributed by atoms with van der Waals surface area (Å²) in [5.74, 6) is -0.0863. The fourth-order valence-electron chi connectivity index (χ4n) is 2.85. The first-order valence-electron chi connectivity index (χ1n) is 7.84.